The molecule has 2 N–H and O–H groups in total. The maximum absolute atomic E-state index is 5.98. The topological polar surface area (TPSA) is 74.2 Å². The Morgan fingerprint density at radius 1 is 1.35 bits per heavy atom. The third-order valence-corrected chi connectivity index (χ3v) is 3.03. The van der Waals surface area contributed by atoms with E-state index in [1.54, 1.807) is 0 Å². The van der Waals surface area contributed by atoms with E-state index in [9.17, 15) is 0 Å². The number of rotatable bonds is 6. The third-order valence-electron chi connectivity index (χ3n) is 3.03. The summed E-state index contributed by atoms with van der Waals surface area (Å²) in [6, 6.07) is 5.74. The highest BCUT2D eigenvalue weighted by atomic mass is 16.5. The van der Waals surface area contributed by atoms with Crippen molar-refractivity contribution in [3.8, 4) is 11.5 Å². The summed E-state index contributed by atoms with van der Waals surface area (Å²) in [5.41, 5.74) is 9.23. The molecule has 1 aromatic carbocycles. The molecular formula is C15H21N3O2. The molecular weight excluding hydrogens is 254 g/mol. The molecule has 1 aromatic heterocycles. The zero-order valence-corrected chi connectivity index (χ0v) is 12.2. The van der Waals surface area contributed by atoms with Crippen LogP contribution in [0.3, 0.4) is 0 Å². The normalized spacial score (nSPS) is 12.6. The van der Waals surface area contributed by atoms with E-state index in [0.717, 1.165) is 17.5 Å². The number of nitrogens with zero attached hydrogens (tertiary/aromatic N) is 2. The zero-order valence-electron chi connectivity index (χ0n) is 12.2. The second kappa shape index (κ2) is 6.63. The van der Waals surface area contributed by atoms with Gasteiger partial charge in [-0.15, -0.1) is 0 Å². The van der Waals surface area contributed by atoms with Gasteiger partial charge in [0.1, 0.15) is 0 Å². The van der Waals surface area contributed by atoms with Crippen molar-refractivity contribution in [3.63, 3.8) is 0 Å². The first-order chi connectivity index (χ1) is 9.61. The Balaban J connectivity index is 2.12. The average molecular weight is 275 g/mol. The monoisotopic (exact) mass is 275 g/mol. The summed E-state index contributed by atoms with van der Waals surface area (Å²) >= 11 is 0. The molecule has 2 rings (SSSR count). The lowest BCUT2D eigenvalue weighted by molar-refractivity contribution is 0.119. The summed E-state index contributed by atoms with van der Waals surface area (Å²) in [5, 5.41) is 3.94. The first-order valence-corrected chi connectivity index (χ1v) is 6.86. The van der Waals surface area contributed by atoms with Crippen LogP contribution in [0.5, 0.6) is 0 Å². The Kier molecular flexibility index (Phi) is 4.87. The fourth-order valence-electron chi connectivity index (χ4n) is 1.98. The number of nitrogens with two attached hydrogens (primary N) is 1. The van der Waals surface area contributed by atoms with Gasteiger partial charge in [-0.3, -0.25) is 0 Å². The van der Waals surface area contributed by atoms with E-state index < -0.39 is 0 Å². The first kappa shape index (κ1) is 14.7. The van der Waals surface area contributed by atoms with Gasteiger partial charge in [-0.1, -0.05) is 29.8 Å². The van der Waals surface area contributed by atoms with Crippen LogP contribution in [0, 0.1) is 13.8 Å². The number of ether oxygens (including phenoxy) is 1. The van der Waals surface area contributed by atoms with Gasteiger partial charge < -0.3 is 15.0 Å². The highest BCUT2D eigenvalue weighted by Crippen LogP contribution is 2.23. The molecule has 0 fully saturated rings. The fraction of sp³-hybridized carbons (Fsp3) is 0.467. The quantitative estimate of drug-likeness (QED) is 0.820. The molecule has 20 heavy (non-hydrogen) atoms. The van der Waals surface area contributed by atoms with Gasteiger partial charge in [-0.05, 0) is 31.9 Å². The highest BCUT2D eigenvalue weighted by molar-refractivity contribution is 5.58. The number of aryl methyl sites for hydroxylation is 2. The van der Waals surface area contributed by atoms with Crippen LogP contribution in [-0.2, 0) is 4.74 Å². The summed E-state index contributed by atoms with van der Waals surface area (Å²) in [6.07, 6.45) is 0.965. The fourth-order valence-corrected chi connectivity index (χ4v) is 1.98. The van der Waals surface area contributed by atoms with E-state index in [0.29, 0.717) is 24.9 Å². The van der Waals surface area contributed by atoms with Gasteiger partial charge in [-0.25, -0.2) is 0 Å². The molecule has 0 aliphatic rings. The van der Waals surface area contributed by atoms with Crippen LogP contribution in [0.25, 0.3) is 11.5 Å². The van der Waals surface area contributed by atoms with Crippen molar-refractivity contribution in [3.05, 3.63) is 35.2 Å². The van der Waals surface area contributed by atoms with Gasteiger partial charge >= 0.3 is 0 Å². The van der Waals surface area contributed by atoms with E-state index in [1.165, 1.54) is 5.56 Å². The second-order valence-electron chi connectivity index (χ2n) is 4.96. The minimum Gasteiger partial charge on any atom is -0.379 e. The molecule has 0 spiro atoms. The van der Waals surface area contributed by atoms with Gasteiger partial charge in [0.25, 0.3) is 5.89 Å². The molecule has 108 valence electrons. The molecule has 1 heterocycles. The van der Waals surface area contributed by atoms with Gasteiger partial charge in [0, 0.05) is 12.2 Å². The Bertz CT molecular complexity index is 566. The minimum atomic E-state index is -0.357. The van der Waals surface area contributed by atoms with Crippen molar-refractivity contribution in [2.24, 2.45) is 5.73 Å². The van der Waals surface area contributed by atoms with Crippen LogP contribution in [0.2, 0.25) is 0 Å². The molecule has 5 heteroatoms. The lowest BCUT2D eigenvalue weighted by atomic mass is 10.1. The van der Waals surface area contributed by atoms with Crippen LogP contribution in [0.4, 0.5) is 0 Å². The number of hydrogen-bond donors (Lipinski definition) is 1. The first-order valence-electron chi connectivity index (χ1n) is 6.86. The molecule has 1 unspecified atom stereocenters. The smallest absolute Gasteiger partial charge is 0.258 e. The predicted molar refractivity (Wildman–Crippen MR) is 77.2 cm³/mol. The van der Waals surface area contributed by atoms with Crippen molar-refractivity contribution >= 4 is 0 Å². The SMILES string of the molecule is CCCOCC(N)c1noc(-c2ccc(C)cc2C)n1. The maximum atomic E-state index is 5.98. The highest BCUT2D eigenvalue weighted by Gasteiger charge is 2.16. The Labute approximate surface area is 119 Å². The van der Waals surface area contributed by atoms with E-state index >= 15 is 0 Å². The Morgan fingerprint density at radius 3 is 2.85 bits per heavy atom. The van der Waals surface area contributed by atoms with Gasteiger partial charge in [0.15, 0.2) is 5.82 Å². The van der Waals surface area contributed by atoms with Crippen LogP contribution in [0.15, 0.2) is 22.7 Å². The van der Waals surface area contributed by atoms with Gasteiger partial charge in [0.2, 0.25) is 0 Å². The lowest BCUT2D eigenvalue weighted by Crippen LogP contribution is -2.18. The van der Waals surface area contributed by atoms with Crippen molar-refractivity contribution in [2.75, 3.05) is 13.2 Å². The van der Waals surface area contributed by atoms with Gasteiger partial charge in [-0.2, -0.15) is 4.98 Å². The summed E-state index contributed by atoms with van der Waals surface area (Å²) in [5.74, 6) is 0.986. The molecule has 0 saturated heterocycles. The number of hydrogen-bond acceptors (Lipinski definition) is 5. The standard InChI is InChI=1S/C15H21N3O2/c1-4-7-19-9-13(16)14-17-15(20-18-14)12-6-5-10(2)8-11(12)3/h5-6,8,13H,4,7,9,16H2,1-3H3. The molecule has 5 nitrogen and oxygen atoms in total. The summed E-state index contributed by atoms with van der Waals surface area (Å²) in [4.78, 5) is 4.37. The molecule has 0 aliphatic carbocycles. The predicted octanol–water partition coefficient (Wildman–Crippen LogP) is 2.78. The summed E-state index contributed by atoms with van der Waals surface area (Å²) in [6.45, 7) is 7.22. The second-order valence-corrected chi connectivity index (χ2v) is 4.96. The summed E-state index contributed by atoms with van der Waals surface area (Å²) in [7, 11) is 0. The lowest BCUT2D eigenvalue weighted by Gasteiger charge is -2.06. The van der Waals surface area contributed by atoms with Crippen LogP contribution in [-0.4, -0.2) is 23.4 Å². The van der Waals surface area contributed by atoms with Crippen molar-refractivity contribution in [1.82, 2.24) is 10.1 Å². The average Bonchev–Trinajstić information content (AvgIpc) is 2.88. The van der Waals surface area contributed by atoms with Crippen molar-refractivity contribution in [1.29, 1.82) is 0 Å². The molecule has 0 radical (unpaired) electrons. The maximum Gasteiger partial charge on any atom is 0.258 e. The number of benzene rings is 1. The van der Waals surface area contributed by atoms with Crippen LogP contribution < -0.4 is 5.73 Å². The molecule has 0 saturated carbocycles. The molecule has 2 aromatic rings. The van der Waals surface area contributed by atoms with Crippen molar-refractivity contribution < 1.29 is 9.26 Å². The van der Waals surface area contributed by atoms with E-state index in [4.69, 9.17) is 15.0 Å². The van der Waals surface area contributed by atoms with E-state index in [2.05, 4.69) is 30.1 Å². The minimum absolute atomic E-state index is 0.357. The molecule has 1 atom stereocenters. The Hall–Kier alpha value is -1.72. The summed E-state index contributed by atoms with van der Waals surface area (Å²) < 4.78 is 10.7. The third kappa shape index (κ3) is 3.43. The molecule has 0 bridgehead atoms. The van der Waals surface area contributed by atoms with Gasteiger partial charge in [0.05, 0.1) is 12.6 Å². The molecule has 0 aliphatic heterocycles. The van der Waals surface area contributed by atoms with E-state index in [-0.39, 0.29) is 6.04 Å². The van der Waals surface area contributed by atoms with Crippen LogP contribution >= 0.6 is 0 Å². The Morgan fingerprint density at radius 2 is 2.15 bits per heavy atom. The zero-order chi connectivity index (χ0) is 14.5. The largest absolute Gasteiger partial charge is 0.379 e. The van der Waals surface area contributed by atoms with E-state index in [1.807, 2.05) is 19.1 Å². The van der Waals surface area contributed by atoms with Crippen molar-refractivity contribution in [2.45, 2.75) is 33.2 Å². The number of aromatic nitrogens is 2. The van der Waals surface area contributed by atoms with Crippen LogP contribution in [0.1, 0.15) is 36.3 Å². The molecule has 0 amide bonds.